The monoisotopic (exact) mass is 248 g/mol. The minimum absolute atomic E-state index is 0.00178. The van der Waals surface area contributed by atoms with Crippen molar-refractivity contribution in [3.63, 3.8) is 0 Å². The summed E-state index contributed by atoms with van der Waals surface area (Å²) in [6.07, 6.45) is 0.647. The Hall–Kier alpha value is -1.55. The average Bonchev–Trinajstić information content (AvgIpc) is 2.69. The highest BCUT2D eigenvalue weighted by atomic mass is 16.3. The number of anilines is 1. The molecule has 0 bridgehead atoms. The van der Waals surface area contributed by atoms with Crippen LogP contribution >= 0.6 is 0 Å². The van der Waals surface area contributed by atoms with Crippen molar-refractivity contribution >= 4 is 11.6 Å². The molecule has 1 unspecified atom stereocenters. The fourth-order valence-electron chi connectivity index (χ4n) is 2.20. The van der Waals surface area contributed by atoms with E-state index in [9.17, 15) is 9.90 Å². The zero-order valence-corrected chi connectivity index (χ0v) is 11.2. The SMILES string of the molecule is CN(C)c1ccc(C(=O)N2CCC(C)(O)C2)cc1. The summed E-state index contributed by atoms with van der Waals surface area (Å²) in [5.41, 5.74) is 1.01. The molecule has 18 heavy (non-hydrogen) atoms. The van der Waals surface area contributed by atoms with Crippen LogP contribution in [0, 0.1) is 0 Å². The van der Waals surface area contributed by atoms with Gasteiger partial charge in [0.05, 0.1) is 5.60 Å². The smallest absolute Gasteiger partial charge is 0.253 e. The second-order valence-electron chi connectivity index (χ2n) is 5.41. The van der Waals surface area contributed by atoms with Crippen LogP contribution in [0.2, 0.25) is 0 Å². The van der Waals surface area contributed by atoms with E-state index >= 15 is 0 Å². The minimum atomic E-state index is -0.737. The van der Waals surface area contributed by atoms with E-state index in [-0.39, 0.29) is 5.91 Å². The molecule has 4 heteroatoms. The summed E-state index contributed by atoms with van der Waals surface area (Å²) in [6, 6.07) is 7.54. The predicted molar refractivity (Wildman–Crippen MR) is 71.9 cm³/mol. The van der Waals surface area contributed by atoms with Crippen molar-refractivity contribution in [2.24, 2.45) is 0 Å². The van der Waals surface area contributed by atoms with Gasteiger partial charge in [0.15, 0.2) is 0 Å². The third-order valence-electron chi connectivity index (χ3n) is 3.37. The molecule has 0 spiro atoms. The largest absolute Gasteiger partial charge is 0.388 e. The van der Waals surface area contributed by atoms with E-state index in [2.05, 4.69) is 0 Å². The van der Waals surface area contributed by atoms with Crippen molar-refractivity contribution < 1.29 is 9.90 Å². The van der Waals surface area contributed by atoms with Crippen LogP contribution in [-0.4, -0.2) is 48.7 Å². The van der Waals surface area contributed by atoms with Crippen molar-refractivity contribution in [3.8, 4) is 0 Å². The van der Waals surface area contributed by atoms with Crippen molar-refractivity contribution in [2.75, 3.05) is 32.1 Å². The number of carbonyl (C=O) groups is 1. The van der Waals surface area contributed by atoms with Crippen LogP contribution in [0.25, 0.3) is 0 Å². The minimum Gasteiger partial charge on any atom is -0.388 e. The maximum Gasteiger partial charge on any atom is 0.253 e. The zero-order valence-electron chi connectivity index (χ0n) is 11.2. The lowest BCUT2D eigenvalue weighted by atomic mass is 10.1. The Labute approximate surface area is 108 Å². The highest BCUT2D eigenvalue weighted by molar-refractivity contribution is 5.94. The van der Waals surface area contributed by atoms with Crippen molar-refractivity contribution in [2.45, 2.75) is 18.9 Å². The third kappa shape index (κ3) is 2.64. The summed E-state index contributed by atoms with van der Waals surface area (Å²) in [5.74, 6) is -0.00178. The van der Waals surface area contributed by atoms with Crippen LogP contribution < -0.4 is 4.90 Å². The molecule has 1 atom stereocenters. The lowest BCUT2D eigenvalue weighted by Gasteiger charge is -2.19. The van der Waals surface area contributed by atoms with Crippen LogP contribution in [0.5, 0.6) is 0 Å². The molecule has 0 aliphatic carbocycles. The first-order valence-electron chi connectivity index (χ1n) is 6.18. The number of benzene rings is 1. The second-order valence-corrected chi connectivity index (χ2v) is 5.41. The fraction of sp³-hybridized carbons (Fsp3) is 0.500. The molecule has 4 nitrogen and oxygen atoms in total. The number of β-amino-alcohol motifs (C(OH)–C–C–N with tert-alkyl or cyclic N) is 1. The normalized spacial score (nSPS) is 23.2. The molecule has 1 aliphatic rings. The number of nitrogens with zero attached hydrogens (tertiary/aromatic N) is 2. The van der Waals surface area contributed by atoms with Gasteiger partial charge in [0.1, 0.15) is 0 Å². The van der Waals surface area contributed by atoms with Gasteiger partial charge in [-0.05, 0) is 37.6 Å². The molecule has 1 heterocycles. The molecular formula is C14H20N2O2. The zero-order chi connectivity index (χ0) is 13.3. The molecule has 1 fully saturated rings. The van der Waals surface area contributed by atoms with E-state index in [0.717, 1.165) is 5.69 Å². The summed E-state index contributed by atoms with van der Waals surface area (Å²) in [5, 5.41) is 9.88. The molecule has 1 aromatic carbocycles. The van der Waals surface area contributed by atoms with E-state index < -0.39 is 5.60 Å². The van der Waals surface area contributed by atoms with Crippen LogP contribution in [-0.2, 0) is 0 Å². The van der Waals surface area contributed by atoms with Crippen molar-refractivity contribution in [1.82, 2.24) is 4.90 Å². The maximum absolute atomic E-state index is 12.2. The van der Waals surface area contributed by atoms with E-state index in [1.54, 1.807) is 11.8 Å². The number of hydrogen-bond donors (Lipinski definition) is 1. The molecule has 1 aliphatic heterocycles. The van der Waals surface area contributed by atoms with Crippen molar-refractivity contribution in [1.29, 1.82) is 0 Å². The van der Waals surface area contributed by atoms with Gasteiger partial charge in [0, 0.05) is 38.4 Å². The van der Waals surface area contributed by atoms with Gasteiger partial charge >= 0.3 is 0 Å². The number of carbonyl (C=O) groups excluding carboxylic acids is 1. The van der Waals surface area contributed by atoms with E-state index in [4.69, 9.17) is 0 Å². The number of aliphatic hydroxyl groups is 1. The summed E-state index contributed by atoms with van der Waals surface area (Å²) in [7, 11) is 3.93. The Morgan fingerprint density at radius 3 is 2.39 bits per heavy atom. The second kappa shape index (κ2) is 4.61. The Morgan fingerprint density at radius 2 is 1.94 bits per heavy atom. The fourth-order valence-corrected chi connectivity index (χ4v) is 2.20. The van der Waals surface area contributed by atoms with Gasteiger partial charge in [-0.25, -0.2) is 0 Å². The standard InChI is InChI=1S/C14H20N2O2/c1-14(18)8-9-16(10-14)13(17)11-4-6-12(7-5-11)15(2)3/h4-7,18H,8-10H2,1-3H3. The molecule has 1 amide bonds. The highest BCUT2D eigenvalue weighted by Crippen LogP contribution is 2.22. The Morgan fingerprint density at radius 1 is 1.33 bits per heavy atom. The molecule has 98 valence electrons. The molecule has 0 aromatic heterocycles. The summed E-state index contributed by atoms with van der Waals surface area (Å²) >= 11 is 0. The first kappa shape index (κ1) is 12.9. The predicted octanol–water partition coefficient (Wildman–Crippen LogP) is 1.35. The Kier molecular flexibility index (Phi) is 3.30. The molecule has 2 rings (SSSR count). The van der Waals surface area contributed by atoms with Gasteiger partial charge in [-0.15, -0.1) is 0 Å². The molecule has 0 radical (unpaired) electrons. The van der Waals surface area contributed by atoms with Crippen LogP contribution in [0.3, 0.4) is 0 Å². The number of hydrogen-bond acceptors (Lipinski definition) is 3. The Balaban J connectivity index is 2.10. The first-order chi connectivity index (χ1) is 8.39. The Bertz CT molecular complexity index is 438. The van der Waals surface area contributed by atoms with Crippen LogP contribution in [0.4, 0.5) is 5.69 Å². The van der Waals surface area contributed by atoms with Gasteiger partial charge in [-0.2, -0.15) is 0 Å². The van der Waals surface area contributed by atoms with Gasteiger partial charge in [0.25, 0.3) is 5.91 Å². The molecule has 1 N–H and O–H groups in total. The third-order valence-corrected chi connectivity index (χ3v) is 3.37. The number of likely N-dealkylation sites (tertiary alicyclic amines) is 1. The van der Waals surface area contributed by atoms with Crippen LogP contribution in [0.1, 0.15) is 23.7 Å². The number of rotatable bonds is 2. The van der Waals surface area contributed by atoms with Gasteiger partial charge in [-0.3, -0.25) is 4.79 Å². The number of amides is 1. The molecular weight excluding hydrogens is 228 g/mol. The maximum atomic E-state index is 12.2. The first-order valence-corrected chi connectivity index (χ1v) is 6.18. The summed E-state index contributed by atoms with van der Waals surface area (Å²) in [4.78, 5) is 15.9. The summed E-state index contributed by atoms with van der Waals surface area (Å²) in [6.45, 7) is 2.82. The molecule has 0 saturated carbocycles. The summed E-state index contributed by atoms with van der Waals surface area (Å²) < 4.78 is 0. The lowest BCUT2D eigenvalue weighted by molar-refractivity contribution is 0.0572. The van der Waals surface area contributed by atoms with Crippen molar-refractivity contribution in [3.05, 3.63) is 29.8 Å². The van der Waals surface area contributed by atoms with Gasteiger partial charge in [0.2, 0.25) is 0 Å². The quantitative estimate of drug-likeness (QED) is 0.859. The van der Waals surface area contributed by atoms with Crippen LogP contribution in [0.15, 0.2) is 24.3 Å². The van der Waals surface area contributed by atoms with Gasteiger partial charge < -0.3 is 14.9 Å². The topological polar surface area (TPSA) is 43.8 Å². The van der Waals surface area contributed by atoms with E-state index in [1.165, 1.54) is 0 Å². The van der Waals surface area contributed by atoms with Gasteiger partial charge in [-0.1, -0.05) is 0 Å². The average molecular weight is 248 g/mol. The lowest BCUT2D eigenvalue weighted by Crippen LogP contribution is -2.33. The molecule has 1 aromatic rings. The highest BCUT2D eigenvalue weighted by Gasteiger charge is 2.34. The van der Waals surface area contributed by atoms with E-state index in [1.807, 2.05) is 43.3 Å². The molecule has 1 saturated heterocycles. The van der Waals surface area contributed by atoms with E-state index in [0.29, 0.717) is 25.1 Å².